The first-order valence-corrected chi connectivity index (χ1v) is 5.20. The lowest BCUT2D eigenvalue weighted by Gasteiger charge is -2.37. The van der Waals surface area contributed by atoms with Crippen LogP contribution in [0.1, 0.15) is 33.1 Å². The van der Waals surface area contributed by atoms with E-state index in [1.807, 2.05) is 0 Å². The molecule has 1 heterocycles. The number of rotatable bonds is 3. The number of nitrogens with two attached hydrogens (primary N) is 1. The maximum Gasteiger partial charge on any atom is 0.0119 e. The van der Waals surface area contributed by atoms with Gasteiger partial charge in [0.2, 0.25) is 0 Å². The van der Waals surface area contributed by atoms with Crippen molar-refractivity contribution < 1.29 is 0 Å². The third-order valence-corrected chi connectivity index (χ3v) is 2.85. The highest BCUT2D eigenvalue weighted by atomic mass is 15.2. The highest BCUT2D eigenvalue weighted by Crippen LogP contribution is 2.22. The second-order valence-corrected chi connectivity index (χ2v) is 4.13. The third-order valence-electron chi connectivity index (χ3n) is 2.85. The lowest BCUT2D eigenvalue weighted by Crippen LogP contribution is -2.44. The molecule has 0 radical (unpaired) electrons. The molecule has 1 aliphatic heterocycles. The molecule has 1 aliphatic rings. The lowest BCUT2D eigenvalue weighted by molar-refractivity contribution is 0.116. The van der Waals surface area contributed by atoms with Gasteiger partial charge in [0.1, 0.15) is 0 Å². The minimum Gasteiger partial charge on any atom is -0.329 e. The molecule has 1 rings (SSSR count). The molecular formula is C10H22N2. The van der Waals surface area contributed by atoms with Crippen molar-refractivity contribution in [2.75, 3.05) is 19.6 Å². The van der Waals surface area contributed by atoms with Crippen LogP contribution < -0.4 is 5.73 Å². The van der Waals surface area contributed by atoms with Gasteiger partial charge in [-0.3, -0.25) is 4.90 Å². The van der Waals surface area contributed by atoms with Crippen LogP contribution in [0.25, 0.3) is 0 Å². The maximum atomic E-state index is 5.58. The van der Waals surface area contributed by atoms with Gasteiger partial charge in [-0.1, -0.05) is 20.3 Å². The van der Waals surface area contributed by atoms with Crippen LogP contribution >= 0.6 is 0 Å². The van der Waals surface area contributed by atoms with Crippen molar-refractivity contribution in [3.05, 3.63) is 0 Å². The second-order valence-electron chi connectivity index (χ2n) is 4.13. The molecule has 1 fully saturated rings. The molecule has 0 aromatic carbocycles. The molecule has 1 atom stereocenters. The van der Waals surface area contributed by atoms with Gasteiger partial charge in [-0.25, -0.2) is 0 Å². The molecule has 0 aliphatic carbocycles. The van der Waals surface area contributed by atoms with Crippen LogP contribution in [-0.2, 0) is 0 Å². The van der Waals surface area contributed by atoms with Gasteiger partial charge in [0, 0.05) is 19.1 Å². The summed E-state index contributed by atoms with van der Waals surface area (Å²) in [7, 11) is 0. The number of likely N-dealkylation sites (tertiary alicyclic amines) is 1. The van der Waals surface area contributed by atoms with Gasteiger partial charge >= 0.3 is 0 Å². The molecule has 12 heavy (non-hydrogen) atoms. The van der Waals surface area contributed by atoms with Gasteiger partial charge in [0.05, 0.1) is 0 Å². The van der Waals surface area contributed by atoms with Crippen molar-refractivity contribution in [1.82, 2.24) is 4.90 Å². The van der Waals surface area contributed by atoms with Crippen LogP contribution in [0, 0.1) is 5.92 Å². The Bertz CT molecular complexity index is 121. The smallest absolute Gasteiger partial charge is 0.0119 e. The first kappa shape index (κ1) is 10.0. The molecule has 0 saturated carbocycles. The summed E-state index contributed by atoms with van der Waals surface area (Å²) >= 11 is 0. The Labute approximate surface area is 76.1 Å². The van der Waals surface area contributed by atoms with E-state index in [-0.39, 0.29) is 0 Å². The first-order valence-electron chi connectivity index (χ1n) is 5.20. The van der Waals surface area contributed by atoms with E-state index in [4.69, 9.17) is 5.73 Å². The third kappa shape index (κ3) is 2.46. The first-order chi connectivity index (χ1) is 5.75. The van der Waals surface area contributed by atoms with Gasteiger partial charge < -0.3 is 5.73 Å². The molecule has 2 heteroatoms. The summed E-state index contributed by atoms with van der Waals surface area (Å²) in [5.41, 5.74) is 5.58. The Kier molecular flexibility index (Phi) is 4.02. The SMILES string of the molecule is CC(C)C1CCCCN1CCN. The number of nitrogens with zero attached hydrogens (tertiary/aromatic N) is 1. The molecule has 72 valence electrons. The topological polar surface area (TPSA) is 29.3 Å². The van der Waals surface area contributed by atoms with Crippen LogP contribution in [0.4, 0.5) is 0 Å². The van der Waals surface area contributed by atoms with Gasteiger partial charge in [-0.15, -0.1) is 0 Å². The highest BCUT2D eigenvalue weighted by Gasteiger charge is 2.23. The van der Waals surface area contributed by atoms with Gasteiger partial charge in [0.15, 0.2) is 0 Å². The summed E-state index contributed by atoms with van der Waals surface area (Å²) in [6.45, 7) is 7.80. The Morgan fingerprint density at radius 1 is 1.42 bits per heavy atom. The maximum absolute atomic E-state index is 5.58. The number of hydrogen-bond acceptors (Lipinski definition) is 2. The van der Waals surface area contributed by atoms with Crippen molar-refractivity contribution in [3.8, 4) is 0 Å². The van der Waals surface area contributed by atoms with Crippen LogP contribution in [0.3, 0.4) is 0 Å². The molecule has 0 bridgehead atoms. The quantitative estimate of drug-likeness (QED) is 0.694. The van der Waals surface area contributed by atoms with Crippen molar-refractivity contribution >= 4 is 0 Å². The fourth-order valence-corrected chi connectivity index (χ4v) is 2.22. The average Bonchev–Trinajstić information content (AvgIpc) is 2.05. The predicted octanol–water partition coefficient (Wildman–Crippen LogP) is 1.46. The molecule has 0 aromatic rings. The second kappa shape index (κ2) is 4.83. The zero-order valence-corrected chi connectivity index (χ0v) is 8.42. The van der Waals surface area contributed by atoms with Crippen molar-refractivity contribution in [2.24, 2.45) is 11.7 Å². The van der Waals surface area contributed by atoms with Crippen LogP contribution in [0.15, 0.2) is 0 Å². The summed E-state index contributed by atoms with van der Waals surface area (Å²) in [4.78, 5) is 2.56. The molecule has 0 aromatic heterocycles. The van der Waals surface area contributed by atoms with E-state index in [1.54, 1.807) is 0 Å². The summed E-state index contributed by atoms with van der Waals surface area (Å²) in [6, 6.07) is 0.794. The van der Waals surface area contributed by atoms with E-state index in [9.17, 15) is 0 Å². The fraction of sp³-hybridized carbons (Fsp3) is 1.00. The molecular weight excluding hydrogens is 148 g/mol. The minimum absolute atomic E-state index is 0.789. The largest absolute Gasteiger partial charge is 0.329 e. The van der Waals surface area contributed by atoms with Gasteiger partial charge in [-0.2, -0.15) is 0 Å². The van der Waals surface area contributed by atoms with Crippen LogP contribution in [0.2, 0.25) is 0 Å². The van der Waals surface area contributed by atoms with Gasteiger partial charge in [-0.05, 0) is 25.3 Å². The van der Waals surface area contributed by atoms with E-state index in [1.165, 1.54) is 25.8 Å². The van der Waals surface area contributed by atoms with E-state index in [0.717, 1.165) is 25.0 Å². The number of hydrogen-bond donors (Lipinski definition) is 1. The van der Waals surface area contributed by atoms with Crippen molar-refractivity contribution in [1.29, 1.82) is 0 Å². The van der Waals surface area contributed by atoms with Gasteiger partial charge in [0.25, 0.3) is 0 Å². The van der Waals surface area contributed by atoms with E-state index in [2.05, 4.69) is 18.7 Å². The summed E-state index contributed by atoms with van der Waals surface area (Å²) < 4.78 is 0. The monoisotopic (exact) mass is 170 g/mol. The molecule has 0 amide bonds. The number of piperidine rings is 1. The summed E-state index contributed by atoms with van der Waals surface area (Å²) in [5, 5.41) is 0. The Hall–Kier alpha value is -0.0800. The van der Waals surface area contributed by atoms with Crippen LogP contribution in [-0.4, -0.2) is 30.6 Å². The molecule has 1 unspecified atom stereocenters. The minimum atomic E-state index is 0.789. The standard InChI is InChI=1S/C10H22N2/c1-9(2)10-5-3-4-7-12(10)8-6-11/h9-10H,3-8,11H2,1-2H3. The molecule has 1 saturated heterocycles. The van der Waals surface area contributed by atoms with Crippen molar-refractivity contribution in [3.63, 3.8) is 0 Å². The predicted molar refractivity (Wildman–Crippen MR) is 53.1 cm³/mol. The normalized spacial score (nSPS) is 26.5. The molecule has 2 nitrogen and oxygen atoms in total. The Morgan fingerprint density at radius 3 is 2.75 bits per heavy atom. The zero-order chi connectivity index (χ0) is 8.97. The summed E-state index contributed by atoms with van der Waals surface area (Å²) in [6.07, 6.45) is 4.14. The van der Waals surface area contributed by atoms with E-state index < -0.39 is 0 Å². The molecule has 0 spiro atoms. The van der Waals surface area contributed by atoms with Crippen molar-refractivity contribution in [2.45, 2.75) is 39.2 Å². The molecule has 2 N–H and O–H groups in total. The van der Waals surface area contributed by atoms with E-state index in [0.29, 0.717) is 0 Å². The average molecular weight is 170 g/mol. The fourth-order valence-electron chi connectivity index (χ4n) is 2.22. The zero-order valence-electron chi connectivity index (χ0n) is 8.42. The highest BCUT2D eigenvalue weighted by molar-refractivity contribution is 4.79. The lowest BCUT2D eigenvalue weighted by atomic mass is 9.93. The van der Waals surface area contributed by atoms with Crippen LogP contribution in [0.5, 0.6) is 0 Å². The Morgan fingerprint density at radius 2 is 2.17 bits per heavy atom. The van der Waals surface area contributed by atoms with E-state index >= 15 is 0 Å². The summed E-state index contributed by atoms with van der Waals surface area (Å²) in [5.74, 6) is 0.789. The Balaban J connectivity index is 2.42.